The molecule has 0 radical (unpaired) electrons. The number of carbonyl (C=O) groups is 2. The minimum absolute atomic E-state index is 0.000299. The lowest BCUT2D eigenvalue weighted by atomic mass is 9.64. The SMILES string of the molecule is CN(c1cc(C(=O)O)c2c(c1)C1(CCC1)C(=O)C2)S(=O)(=O)c1ccc(F)cc1F. The summed E-state index contributed by atoms with van der Waals surface area (Å²) in [7, 11) is -3.26. The van der Waals surface area contributed by atoms with Crippen molar-refractivity contribution in [2.24, 2.45) is 0 Å². The van der Waals surface area contributed by atoms with Gasteiger partial charge < -0.3 is 5.11 Å². The first-order valence-corrected chi connectivity index (χ1v) is 10.4. The fourth-order valence-corrected chi connectivity index (χ4v) is 5.40. The molecule has 0 aliphatic heterocycles. The van der Waals surface area contributed by atoms with Gasteiger partial charge in [0.15, 0.2) is 0 Å². The lowest BCUT2D eigenvalue weighted by Crippen LogP contribution is -2.39. The summed E-state index contributed by atoms with van der Waals surface area (Å²) in [4.78, 5) is 23.6. The summed E-state index contributed by atoms with van der Waals surface area (Å²) >= 11 is 0. The molecule has 0 unspecified atom stereocenters. The maximum Gasteiger partial charge on any atom is 0.336 e. The summed E-state index contributed by atoms with van der Waals surface area (Å²) in [5.41, 5.74) is 0.0402. The monoisotopic (exact) mass is 421 g/mol. The van der Waals surface area contributed by atoms with Crippen LogP contribution >= 0.6 is 0 Å². The van der Waals surface area contributed by atoms with Gasteiger partial charge in [-0.05, 0) is 48.2 Å². The van der Waals surface area contributed by atoms with Crippen LogP contribution in [0.2, 0.25) is 0 Å². The number of carbonyl (C=O) groups excluding carboxylic acids is 1. The van der Waals surface area contributed by atoms with Crippen molar-refractivity contribution in [1.29, 1.82) is 0 Å². The van der Waals surface area contributed by atoms with E-state index in [2.05, 4.69) is 0 Å². The zero-order valence-electron chi connectivity index (χ0n) is 15.4. The number of anilines is 1. The number of carboxylic acids is 1. The first-order chi connectivity index (χ1) is 13.6. The lowest BCUT2D eigenvalue weighted by Gasteiger charge is -2.38. The van der Waals surface area contributed by atoms with Crippen molar-refractivity contribution in [3.63, 3.8) is 0 Å². The van der Waals surface area contributed by atoms with Crippen LogP contribution in [-0.2, 0) is 26.7 Å². The molecule has 2 aromatic carbocycles. The molecule has 0 saturated heterocycles. The summed E-state index contributed by atoms with van der Waals surface area (Å²) in [6.07, 6.45) is 2.00. The van der Waals surface area contributed by atoms with Gasteiger partial charge in [0.05, 0.1) is 16.7 Å². The minimum atomic E-state index is -4.43. The van der Waals surface area contributed by atoms with E-state index in [0.29, 0.717) is 30.0 Å². The third-order valence-electron chi connectivity index (χ3n) is 5.95. The van der Waals surface area contributed by atoms with Crippen LogP contribution in [0.3, 0.4) is 0 Å². The number of Topliss-reactive ketones (excluding diaryl/α,β-unsaturated/α-hetero) is 1. The van der Waals surface area contributed by atoms with Crippen LogP contribution in [0.1, 0.15) is 40.7 Å². The van der Waals surface area contributed by atoms with Crippen molar-refractivity contribution in [2.45, 2.75) is 36.0 Å². The van der Waals surface area contributed by atoms with Crippen molar-refractivity contribution in [2.75, 3.05) is 11.4 Å². The van der Waals surface area contributed by atoms with Crippen LogP contribution in [0.25, 0.3) is 0 Å². The second kappa shape index (κ2) is 6.35. The topological polar surface area (TPSA) is 91.8 Å². The van der Waals surface area contributed by atoms with E-state index < -0.39 is 37.9 Å². The number of halogens is 2. The molecule has 2 aromatic rings. The Morgan fingerprint density at radius 3 is 2.41 bits per heavy atom. The molecule has 152 valence electrons. The number of rotatable bonds is 4. The molecule has 29 heavy (non-hydrogen) atoms. The van der Waals surface area contributed by atoms with Crippen molar-refractivity contribution in [3.05, 3.63) is 58.7 Å². The smallest absolute Gasteiger partial charge is 0.336 e. The molecule has 0 atom stereocenters. The van der Waals surface area contributed by atoms with Gasteiger partial charge in [-0.3, -0.25) is 9.10 Å². The highest BCUT2D eigenvalue weighted by atomic mass is 32.2. The molecule has 0 aromatic heterocycles. The molecule has 2 aliphatic carbocycles. The number of hydrogen-bond acceptors (Lipinski definition) is 4. The highest BCUT2D eigenvalue weighted by molar-refractivity contribution is 7.92. The Morgan fingerprint density at radius 2 is 1.86 bits per heavy atom. The molecule has 9 heteroatoms. The summed E-state index contributed by atoms with van der Waals surface area (Å²) in [6.45, 7) is 0. The highest BCUT2D eigenvalue weighted by Gasteiger charge is 2.51. The van der Waals surface area contributed by atoms with Crippen molar-refractivity contribution in [1.82, 2.24) is 0 Å². The number of fused-ring (bicyclic) bond motifs is 2. The fraction of sp³-hybridized carbons (Fsp3) is 0.300. The maximum atomic E-state index is 14.1. The maximum absolute atomic E-state index is 14.1. The number of aromatic carboxylic acids is 1. The Hall–Kier alpha value is -2.81. The molecule has 0 bridgehead atoms. The predicted octanol–water partition coefficient (Wildman–Crippen LogP) is 3.04. The van der Waals surface area contributed by atoms with Crippen LogP contribution < -0.4 is 4.31 Å². The largest absolute Gasteiger partial charge is 0.478 e. The fourth-order valence-electron chi connectivity index (χ4n) is 4.18. The summed E-state index contributed by atoms with van der Waals surface area (Å²) in [5.74, 6) is -3.50. The van der Waals surface area contributed by atoms with Crippen LogP contribution in [-0.4, -0.2) is 32.3 Å². The van der Waals surface area contributed by atoms with Crippen LogP contribution in [0.5, 0.6) is 0 Å². The minimum Gasteiger partial charge on any atom is -0.478 e. The van der Waals surface area contributed by atoms with Crippen molar-refractivity contribution < 1.29 is 31.9 Å². The number of sulfonamides is 1. The molecular weight excluding hydrogens is 404 g/mol. The van der Waals surface area contributed by atoms with E-state index in [1.807, 2.05) is 0 Å². The second-order valence-electron chi connectivity index (χ2n) is 7.41. The van der Waals surface area contributed by atoms with E-state index in [-0.39, 0.29) is 23.5 Å². The van der Waals surface area contributed by atoms with Gasteiger partial charge in [-0.2, -0.15) is 0 Å². The summed E-state index contributed by atoms with van der Waals surface area (Å²) in [6, 6.07) is 4.79. The van der Waals surface area contributed by atoms with Crippen LogP contribution in [0, 0.1) is 11.6 Å². The average molecular weight is 421 g/mol. The predicted molar refractivity (Wildman–Crippen MR) is 99.6 cm³/mol. The van der Waals surface area contributed by atoms with E-state index in [4.69, 9.17) is 0 Å². The standard InChI is InChI=1S/C20H17F2NO5S/c1-23(29(27,28)17-4-3-11(21)7-16(17)22)12-8-14(19(25)26)13-10-18(24)20(5-2-6-20)15(13)9-12/h3-4,7-9H,2,5-6,10H2,1H3,(H,25,26). The zero-order valence-corrected chi connectivity index (χ0v) is 16.2. The van der Waals surface area contributed by atoms with Gasteiger partial charge in [-0.25, -0.2) is 22.0 Å². The Morgan fingerprint density at radius 1 is 1.17 bits per heavy atom. The lowest BCUT2D eigenvalue weighted by molar-refractivity contribution is -0.125. The van der Waals surface area contributed by atoms with E-state index >= 15 is 0 Å². The molecule has 2 aliphatic rings. The number of nitrogens with zero attached hydrogens (tertiary/aromatic N) is 1. The van der Waals surface area contributed by atoms with Gasteiger partial charge in [-0.1, -0.05) is 6.42 Å². The molecule has 6 nitrogen and oxygen atoms in total. The first-order valence-electron chi connectivity index (χ1n) is 8.96. The second-order valence-corrected chi connectivity index (χ2v) is 9.35. The molecule has 0 heterocycles. The Bertz CT molecular complexity index is 1170. The van der Waals surface area contributed by atoms with Crippen molar-refractivity contribution >= 4 is 27.5 Å². The molecule has 0 amide bonds. The quantitative estimate of drug-likeness (QED) is 0.819. The van der Waals surface area contributed by atoms with E-state index in [1.54, 1.807) is 0 Å². The molecule has 1 saturated carbocycles. The Kier molecular flexibility index (Phi) is 4.27. The molecule has 4 rings (SSSR count). The molecular formula is C20H17F2NO5S. The zero-order chi connectivity index (χ0) is 21.1. The molecule has 1 fully saturated rings. The Balaban J connectivity index is 1.87. The molecule has 1 spiro atoms. The van der Waals surface area contributed by atoms with Gasteiger partial charge in [0.2, 0.25) is 0 Å². The third kappa shape index (κ3) is 2.75. The number of ketones is 1. The highest BCUT2D eigenvalue weighted by Crippen LogP contribution is 2.52. The van der Waals surface area contributed by atoms with Gasteiger partial charge in [0.1, 0.15) is 22.3 Å². The van der Waals surface area contributed by atoms with Gasteiger partial charge >= 0.3 is 5.97 Å². The first kappa shape index (κ1) is 19.5. The van der Waals surface area contributed by atoms with Gasteiger partial charge in [-0.15, -0.1) is 0 Å². The Labute approximate surface area is 165 Å². The summed E-state index contributed by atoms with van der Waals surface area (Å²) < 4.78 is 53.8. The average Bonchev–Trinajstić information content (AvgIpc) is 2.91. The van der Waals surface area contributed by atoms with Crippen LogP contribution in [0.15, 0.2) is 35.2 Å². The third-order valence-corrected chi connectivity index (χ3v) is 7.77. The molecule has 1 N–H and O–H groups in total. The van der Waals surface area contributed by atoms with Gasteiger partial charge in [0.25, 0.3) is 10.0 Å². The van der Waals surface area contributed by atoms with Crippen molar-refractivity contribution in [3.8, 4) is 0 Å². The van der Waals surface area contributed by atoms with Crippen LogP contribution in [0.4, 0.5) is 14.5 Å². The number of carboxylic acid groups (broad SMARTS) is 1. The van der Waals surface area contributed by atoms with Gasteiger partial charge in [0, 0.05) is 19.5 Å². The number of benzene rings is 2. The normalized spacial score (nSPS) is 17.1. The van der Waals surface area contributed by atoms with E-state index in [1.165, 1.54) is 12.1 Å². The summed E-state index contributed by atoms with van der Waals surface area (Å²) in [5, 5.41) is 9.62. The number of hydrogen-bond donors (Lipinski definition) is 1. The van der Waals surface area contributed by atoms with E-state index in [0.717, 1.165) is 29.9 Å². The van der Waals surface area contributed by atoms with E-state index in [9.17, 15) is 31.9 Å².